The molecule has 9 aromatic heterocycles. The number of para-hydroxylation sites is 1. The molecule has 3 N–H and O–H groups in total. The van der Waals surface area contributed by atoms with Gasteiger partial charge >= 0.3 is 17.1 Å². The van der Waals surface area contributed by atoms with Gasteiger partial charge in [0.25, 0.3) is 0 Å². The summed E-state index contributed by atoms with van der Waals surface area (Å²) in [7, 11) is 0. The highest BCUT2D eigenvalue weighted by Crippen LogP contribution is 2.43. The zero-order valence-corrected chi connectivity index (χ0v) is 72.6. The number of rotatable bonds is 15. The number of carbonyl (C=O) groups excluding carboxylic acids is 3. The number of fused-ring (bicyclic) bond motifs is 5. The predicted octanol–water partition coefficient (Wildman–Crippen LogP) is 15.0. The summed E-state index contributed by atoms with van der Waals surface area (Å²) in [5.41, 5.74) is 13.4. The summed E-state index contributed by atoms with van der Waals surface area (Å²) in [5.74, 6) is -1.69. The van der Waals surface area contributed by atoms with Gasteiger partial charge in [0.05, 0.1) is 72.3 Å². The van der Waals surface area contributed by atoms with Crippen LogP contribution in [-0.4, -0.2) is 179 Å². The van der Waals surface area contributed by atoms with Crippen LogP contribution in [0.2, 0.25) is 10.0 Å². The van der Waals surface area contributed by atoms with Crippen molar-refractivity contribution in [3.8, 4) is 56.0 Å². The van der Waals surface area contributed by atoms with Crippen LogP contribution < -0.4 is 37.5 Å². The Kier molecular flexibility index (Phi) is 24.5. The van der Waals surface area contributed by atoms with Crippen LogP contribution in [0.1, 0.15) is 114 Å². The second-order valence-corrected chi connectivity index (χ2v) is 33.6. The van der Waals surface area contributed by atoms with Crippen molar-refractivity contribution < 1.29 is 32.7 Å². The average molecular weight is 1750 g/mol. The molecule has 640 valence electrons. The Morgan fingerprint density at radius 1 is 0.528 bits per heavy atom. The van der Waals surface area contributed by atoms with Crippen LogP contribution >= 0.6 is 34.5 Å². The summed E-state index contributed by atoms with van der Waals surface area (Å²) in [6.07, 6.45) is 7.22. The number of piperazine rings is 3. The molecule has 0 unspecified atom stereocenters. The van der Waals surface area contributed by atoms with Crippen LogP contribution in [0, 0.1) is 24.4 Å². The Morgan fingerprint density at radius 3 is 1.61 bits per heavy atom. The molecule has 3 saturated heterocycles. The van der Waals surface area contributed by atoms with Crippen molar-refractivity contribution in [3.63, 3.8) is 0 Å². The Bertz CT molecular complexity index is 6790. The first kappa shape index (κ1) is 86.5. The molecule has 0 aliphatic carbocycles. The van der Waals surface area contributed by atoms with Crippen molar-refractivity contribution in [2.45, 2.75) is 112 Å². The van der Waals surface area contributed by atoms with E-state index >= 15 is 8.78 Å². The molecule has 3 fully saturated rings. The van der Waals surface area contributed by atoms with E-state index in [0.29, 0.717) is 149 Å². The van der Waals surface area contributed by atoms with Crippen molar-refractivity contribution in [2.24, 2.45) is 4.99 Å². The third-order valence-corrected chi connectivity index (χ3v) is 24.2. The van der Waals surface area contributed by atoms with E-state index < -0.39 is 51.5 Å². The highest BCUT2D eigenvalue weighted by Gasteiger charge is 2.36. The lowest BCUT2D eigenvalue weighted by molar-refractivity contribution is -0.127. The molecule has 17 rings (SSSR count). The number of nitrogen functional groups attached to an aromatic ring is 1. The number of aliphatic imine (C=N–C) groups is 1. The molecule has 4 aliphatic heterocycles. The van der Waals surface area contributed by atoms with Gasteiger partial charge in [-0.15, -0.1) is 11.3 Å². The minimum Gasteiger partial charge on any atom is -0.507 e. The lowest BCUT2D eigenvalue weighted by Gasteiger charge is -2.40. The molecule has 13 aromatic rings. The Balaban J connectivity index is 0.000000145. The smallest absolute Gasteiger partial charge is 0.356 e. The Morgan fingerprint density at radius 2 is 1.04 bits per heavy atom. The third-order valence-electron chi connectivity index (χ3n) is 22.8. The van der Waals surface area contributed by atoms with Crippen LogP contribution in [0.15, 0.2) is 178 Å². The van der Waals surface area contributed by atoms with Crippen LogP contribution in [0.5, 0.6) is 5.75 Å². The number of nitrogens with two attached hydrogens (primary N) is 1. The highest BCUT2D eigenvalue weighted by atomic mass is 35.5. The van der Waals surface area contributed by atoms with Crippen LogP contribution in [0.3, 0.4) is 0 Å². The van der Waals surface area contributed by atoms with Crippen LogP contribution in [0.4, 0.5) is 36.4 Å². The molecule has 4 aliphatic rings. The van der Waals surface area contributed by atoms with E-state index in [4.69, 9.17) is 38.9 Å². The number of pyridine rings is 5. The minimum absolute atomic E-state index is 0.00941. The topological polar surface area (TPSA) is 311 Å². The van der Waals surface area contributed by atoms with Gasteiger partial charge in [-0.05, 0) is 140 Å². The van der Waals surface area contributed by atoms with E-state index in [1.807, 2.05) is 137 Å². The molecule has 0 saturated carbocycles. The maximum atomic E-state index is 15.7. The van der Waals surface area contributed by atoms with Crippen molar-refractivity contribution in [3.05, 3.63) is 251 Å². The third kappa shape index (κ3) is 16.3. The number of phenolic OH excluding ortho intramolecular Hbond substituents is 1. The van der Waals surface area contributed by atoms with Gasteiger partial charge in [0.2, 0.25) is 17.7 Å². The van der Waals surface area contributed by atoms with Crippen LogP contribution in [0.25, 0.3) is 94.2 Å². The Labute approximate surface area is 730 Å². The molecule has 0 radical (unpaired) electrons. The average Bonchev–Trinajstić information content (AvgIpc) is 0.932. The van der Waals surface area contributed by atoms with E-state index in [1.54, 1.807) is 49.3 Å². The van der Waals surface area contributed by atoms with Gasteiger partial charge in [-0.1, -0.05) is 139 Å². The number of aryl methyl sites for hydroxylation is 1. The monoisotopic (exact) mass is 1740 g/mol. The SMILES string of the molecule is C=CC(=O)N1CCN(c2nc(=O)n(-c3c(C)ccnc3C(C)C)c3nc(-c4c(F)ccc5c4C=NC5)c(Cl)cc23)[C@@H](C)C1.C=CC(=O)N1CCN(c2nc(=O)n(-c3ccccc3C(C)C)c3nc(-c4nc(N)cc5ccccc45)c(Cl)cc23)[C@@H](C)C1.C=CC(=O)N1CCN(c2nc(=O)n(-c3scnc3C(C)C)c3nc(-c4c(O)cccc4F)c(F)cc23)[C@@H](C)C1. The van der Waals surface area contributed by atoms with Gasteiger partial charge in [-0.3, -0.25) is 24.4 Å². The molecule has 3 amide bonds. The predicted molar refractivity (Wildman–Crippen MR) is 486 cm³/mol. The maximum Gasteiger partial charge on any atom is 0.356 e. The van der Waals surface area contributed by atoms with Crippen molar-refractivity contribution >= 4 is 126 Å². The molecule has 0 bridgehead atoms. The molecule has 0 spiro atoms. The largest absolute Gasteiger partial charge is 0.507 e. The molecule has 33 heteroatoms. The molecule has 13 heterocycles. The number of halogens is 5. The van der Waals surface area contributed by atoms with E-state index in [1.165, 1.54) is 56.9 Å². The number of phenols is 1. The number of aromatic hydroxyl groups is 1. The van der Waals surface area contributed by atoms with E-state index in [2.05, 4.69) is 73.5 Å². The van der Waals surface area contributed by atoms with Gasteiger partial charge in [0.1, 0.15) is 62.7 Å². The second-order valence-electron chi connectivity index (χ2n) is 32.0. The number of hydrogen-bond donors (Lipinski definition) is 2. The van der Waals surface area contributed by atoms with Gasteiger partial charge in [0, 0.05) is 106 Å². The van der Waals surface area contributed by atoms with Crippen molar-refractivity contribution in [1.82, 2.24) is 73.3 Å². The van der Waals surface area contributed by atoms with Gasteiger partial charge in [-0.2, -0.15) is 15.0 Å². The summed E-state index contributed by atoms with van der Waals surface area (Å²) in [5, 5.41) is 14.5. The first-order chi connectivity index (χ1) is 59.9. The lowest BCUT2D eigenvalue weighted by atomic mass is 9.99. The normalized spacial score (nSPS) is 15.8. The van der Waals surface area contributed by atoms with Gasteiger partial charge in [0.15, 0.2) is 22.8 Å². The number of carbonyl (C=O) groups is 3. The zero-order valence-electron chi connectivity index (χ0n) is 70.3. The van der Waals surface area contributed by atoms with Gasteiger partial charge < -0.3 is 40.2 Å². The molecule has 125 heavy (non-hydrogen) atoms. The molecular formula is C92H89Cl2F3N20O7S. The number of aromatic nitrogens is 12. The second kappa shape index (κ2) is 35.5. The van der Waals surface area contributed by atoms with E-state index in [0.717, 1.165) is 39.6 Å². The number of anilines is 4. The van der Waals surface area contributed by atoms with Crippen molar-refractivity contribution in [1.29, 1.82) is 0 Å². The maximum absolute atomic E-state index is 15.7. The lowest BCUT2D eigenvalue weighted by Crippen LogP contribution is -2.54. The summed E-state index contributed by atoms with van der Waals surface area (Å²) in [6, 6.07) is 30.0. The molecular weight excluding hydrogens is 1660 g/mol. The number of nitrogens with zero attached hydrogens (tertiary/aromatic N) is 19. The fraction of sp³-hybridized carbons (Fsp3) is 0.283. The van der Waals surface area contributed by atoms with E-state index in [-0.39, 0.29) is 92.4 Å². The van der Waals surface area contributed by atoms with Crippen LogP contribution in [-0.2, 0) is 20.9 Å². The highest BCUT2D eigenvalue weighted by molar-refractivity contribution is 7.12. The summed E-state index contributed by atoms with van der Waals surface area (Å²) >= 11 is 15.1. The minimum atomic E-state index is -0.891. The Hall–Kier alpha value is -13.4. The zero-order chi connectivity index (χ0) is 89.0. The first-order valence-corrected chi connectivity index (χ1v) is 42.4. The molecule has 27 nitrogen and oxygen atoms in total. The fourth-order valence-corrected chi connectivity index (χ4v) is 18.1. The van der Waals surface area contributed by atoms with Gasteiger partial charge in [-0.25, -0.2) is 66.2 Å². The quantitative estimate of drug-likeness (QED) is 0.0901. The molecule has 4 aromatic carbocycles. The number of amides is 3. The summed E-state index contributed by atoms with van der Waals surface area (Å²) < 4.78 is 50.2. The number of thiazole rings is 1. The number of benzene rings is 4. The summed E-state index contributed by atoms with van der Waals surface area (Å²) in [6.45, 7) is 34.7. The fourth-order valence-electron chi connectivity index (χ4n) is 16.7. The van der Waals surface area contributed by atoms with Crippen molar-refractivity contribution in [2.75, 3.05) is 79.3 Å². The van der Waals surface area contributed by atoms with E-state index in [9.17, 15) is 38.3 Å². The number of hydrogen-bond acceptors (Lipinski definition) is 22. The molecule has 3 atom stereocenters. The summed E-state index contributed by atoms with van der Waals surface area (Å²) in [4.78, 5) is 136. The first-order valence-electron chi connectivity index (χ1n) is 40.8. The standard InChI is InChI=1S/C33H32ClN7O2.C32H31ClFN7O2.C27H26F2N6O3S/c1-5-28(42)39-14-15-40(20(4)18-39)31-24-17-25(34)30(29-23-12-7-6-10-21(23)16-27(35)36-29)37-32(24)41(33(43)38-31)26-13-9-8-11-22(26)19(2)3;1-6-25(42)39-11-12-40(19(5)16-39)30-21-13-23(33)28(26-22-15-35-14-20(22)7-8-24(26)34)37-31(21)41(32(43)38-30)29-18(4)9-10-36-27(29)17(2)3;1-5-20(37)33-9-10-34(15(4)12-33)24-16-11-18(29)23(21-17(28)7-6-8-19(21)36)31-25(16)35(27(38)32-24)26-22(14(2)3)30-13-39-26/h5-13,16-17,19-20H,1,14-15,18H2,2-4H3,(H2,35,36);6-10,13,15,17,19H,1,11-12,14,16H2,2-5H3;5-8,11,13-15,36H,1,9-10,12H2,2-4H3/t20-;19-;15-/m000/s1.